The number of ether oxygens (including phenoxy) is 3. The van der Waals surface area contributed by atoms with Crippen molar-refractivity contribution >= 4 is 23.1 Å². The molecule has 146 valence electrons. The lowest BCUT2D eigenvalue weighted by Gasteiger charge is -2.13. The summed E-state index contributed by atoms with van der Waals surface area (Å²) in [6, 6.07) is 12.3. The summed E-state index contributed by atoms with van der Waals surface area (Å²) < 4.78 is 16.0. The summed E-state index contributed by atoms with van der Waals surface area (Å²) in [5.41, 5.74) is 1.63. The Labute approximate surface area is 163 Å². The molecule has 7 heteroatoms. The molecule has 1 aliphatic heterocycles. The van der Waals surface area contributed by atoms with Gasteiger partial charge in [-0.3, -0.25) is 14.5 Å². The smallest absolute Gasteiger partial charge is 0.278 e. The number of carbonyl (C=O) groups excluding carboxylic acids is 2. The first kappa shape index (κ1) is 19.3. The van der Waals surface area contributed by atoms with Crippen LogP contribution in [0.5, 0.6) is 17.2 Å². The minimum Gasteiger partial charge on any atom is -0.495 e. The second-order valence-electron chi connectivity index (χ2n) is 6.00. The van der Waals surface area contributed by atoms with Gasteiger partial charge < -0.3 is 19.5 Å². The molecular weight excluding hydrogens is 360 g/mol. The summed E-state index contributed by atoms with van der Waals surface area (Å²) in [4.78, 5) is 27.1. The van der Waals surface area contributed by atoms with Crippen LogP contribution in [0.4, 0.5) is 5.69 Å². The molecule has 0 radical (unpaired) electrons. The Morgan fingerprint density at radius 3 is 2.18 bits per heavy atom. The standard InChI is InChI=1S/C21H22N2O5/c1-5-23-20(24)18(13-10-11-16(27-3)17(12-13)28-4)19(21(23)25)22-14-8-6-7-9-15(14)26-2/h6-12,22H,5H2,1-4H3. The number of hydrogen-bond acceptors (Lipinski definition) is 6. The Kier molecular flexibility index (Phi) is 5.54. The molecule has 0 aromatic heterocycles. The van der Waals surface area contributed by atoms with Crippen molar-refractivity contribution in [2.45, 2.75) is 6.92 Å². The highest BCUT2D eigenvalue weighted by Gasteiger charge is 2.38. The van der Waals surface area contributed by atoms with Gasteiger partial charge in [0.05, 0.1) is 32.6 Å². The molecule has 0 saturated heterocycles. The lowest BCUT2D eigenvalue weighted by Crippen LogP contribution is -2.32. The molecular formula is C21H22N2O5. The Morgan fingerprint density at radius 1 is 0.857 bits per heavy atom. The van der Waals surface area contributed by atoms with Crippen molar-refractivity contribution < 1.29 is 23.8 Å². The third kappa shape index (κ3) is 3.26. The fraction of sp³-hybridized carbons (Fsp3) is 0.238. The van der Waals surface area contributed by atoms with E-state index in [0.717, 1.165) is 0 Å². The minimum atomic E-state index is -0.386. The summed E-state index contributed by atoms with van der Waals surface area (Å²) in [6.45, 7) is 2.03. The summed E-state index contributed by atoms with van der Waals surface area (Å²) in [6.07, 6.45) is 0. The van der Waals surface area contributed by atoms with E-state index in [4.69, 9.17) is 14.2 Å². The lowest BCUT2D eigenvalue weighted by atomic mass is 10.0. The van der Waals surface area contributed by atoms with Crippen molar-refractivity contribution in [1.29, 1.82) is 0 Å². The van der Waals surface area contributed by atoms with Gasteiger partial charge in [0, 0.05) is 6.54 Å². The number of para-hydroxylation sites is 2. The van der Waals surface area contributed by atoms with E-state index in [0.29, 0.717) is 28.5 Å². The number of amides is 2. The van der Waals surface area contributed by atoms with Crippen LogP contribution in [0, 0.1) is 0 Å². The third-order valence-corrected chi connectivity index (χ3v) is 4.52. The molecule has 28 heavy (non-hydrogen) atoms. The lowest BCUT2D eigenvalue weighted by molar-refractivity contribution is -0.136. The Bertz CT molecular complexity index is 952. The number of hydrogen-bond donors (Lipinski definition) is 1. The van der Waals surface area contributed by atoms with Gasteiger partial charge in [-0.1, -0.05) is 18.2 Å². The van der Waals surface area contributed by atoms with Crippen molar-refractivity contribution in [3.63, 3.8) is 0 Å². The molecule has 0 fully saturated rings. The average Bonchev–Trinajstić information content (AvgIpc) is 2.96. The first-order chi connectivity index (χ1) is 13.5. The number of benzene rings is 2. The van der Waals surface area contributed by atoms with Gasteiger partial charge >= 0.3 is 0 Å². The van der Waals surface area contributed by atoms with Crippen LogP contribution in [0.15, 0.2) is 48.2 Å². The van der Waals surface area contributed by atoms with Crippen molar-refractivity contribution in [3.05, 3.63) is 53.7 Å². The Morgan fingerprint density at radius 2 is 1.54 bits per heavy atom. The van der Waals surface area contributed by atoms with Crippen molar-refractivity contribution in [2.75, 3.05) is 33.2 Å². The van der Waals surface area contributed by atoms with Crippen LogP contribution in [0.2, 0.25) is 0 Å². The van der Waals surface area contributed by atoms with Crippen LogP contribution in [0.3, 0.4) is 0 Å². The molecule has 7 nitrogen and oxygen atoms in total. The van der Waals surface area contributed by atoms with Crippen molar-refractivity contribution in [2.24, 2.45) is 0 Å². The number of nitrogens with zero attached hydrogens (tertiary/aromatic N) is 1. The summed E-state index contributed by atoms with van der Waals surface area (Å²) >= 11 is 0. The molecule has 0 spiro atoms. The molecule has 1 aliphatic rings. The summed E-state index contributed by atoms with van der Waals surface area (Å²) in [7, 11) is 4.60. The van der Waals surface area contributed by atoms with Crippen molar-refractivity contribution in [1.82, 2.24) is 4.90 Å². The Hall–Kier alpha value is -3.48. The molecule has 1 heterocycles. The van der Waals surface area contributed by atoms with E-state index < -0.39 is 0 Å². The fourth-order valence-electron chi connectivity index (χ4n) is 3.12. The van der Waals surface area contributed by atoms with Crippen LogP contribution < -0.4 is 19.5 Å². The zero-order valence-electron chi connectivity index (χ0n) is 16.2. The van der Waals surface area contributed by atoms with E-state index in [-0.39, 0.29) is 29.6 Å². The number of likely N-dealkylation sites (N-methyl/N-ethyl adjacent to an activating group) is 1. The van der Waals surface area contributed by atoms with Gasteiger partial charge in [-0.2, -0.15) is 0 Å². The van der Waals surface area contributed by atoms with Crippen molar-refractivity contribution in [3.8, 4) is 17.2 Å². The van der Waals surface area contributed by atoms with Gasteiger partial charge in [0.15, 0.2) is 11.5 Å². The molecule has 0 unspecified atom stereocenters. The number of carbonyl (C=O) groups is 2. The SMILES string of the molecule is CCN1C(=O)C(Nc2ccccc2OC)=C(c2ccc(OC)c(OC)c2)C1=O. The maximum atomic E-state index is 13.0. The predicted molar refractivity (Wildman–Crippen MR) is 105 cm³/mol. The van der Waals surface area contributed by atoms with E-state index in [1.807, 2.05) is 12.1 Å². The number of anilines is 1. The second-order valence-corrected chi connectivity index (χ2v) is 6.00. The number of imide groups is 1. The largest absolute Gasteiger partial charge is 0.495 e. The van der Waals surface area contributed by atoms with Crippen LogP contribution in [-0.4, -0.2) is 44.6 Å². The van der Waals surface area contributed by atoms with E-state index in [1.54, 1.807) is 44.4 Å². The highest BCUT2D eigenvalue weighted by atomic mass is 16.5. The molecule has 2 aromatic rings. The molecule has 3 rings (SSSR count). The zero-order chi connectivity index (χ0) is 20.3. The first-order valence-electron chi connectivity index (χ1n) is 8.78. The molecule has 0 atom stereocenters. The maximum Gasteiger partial charge on any atom is 0.278 e. The number of methoxy groups -OCH3 is 3. The van der Waals surface area contributed by atoms with E-state index in [1.165, 1.54) is 19.1 Å². The van der Waals surface area contributed by atoms with Crippen LogP contribution in [-0.2, 0) is 9.59 Å². The maximum absolute atomic E-state index is 13.0. The van der Waals surface area contributed by atoms with Gasteiger partial charge in [-0.05, 0) is 36.8 Å². The van der Waals surface area contributed by atoms with E-state index in [9.17, 15) is 9.59 Å². The van der Waals surface area contributed by atoms with Crippen LogP contribution >= 0.6 is 0 Å². The molecule has 0 saturated carbocycles. The van der Waals surface area contributed by atoms with Crippen LogP contribution in [0.1, 0.15) is 12.5 Å². The van der Waals surface area contributed by atoms with Gasteiger partial charge in [0.1, 0.15) is 11.4 Å². The van der Waals surface area contributed by atoms with Gasteiger partial charge in [0.25, 0.3) is 11.8 Å². The topological polar surface area (TPSA) is 77.1 Å². The fourth-order valence-corrected chi connectivity index (χ4v) is 3.12. The summed E-state index contributed by atoms with van der Waals surface area (Å²) in [5.74, 6) is 0.826. The van der Waals surface area contributed by atoms with Gasteiger partial charge in [-0.15, -0.1) is 0 Å². The highest BCUT2D eigenvalue weighted by molar-refractivity contribution is 6.36. The normalized spacial score (nSPS) is 13.8. The number of rotatable bonds is 7. The van der Waals surface area contributed by atoms with E-state index in [2.05, 4.69) is 5.32 Å². The molecule has 0 aliphatic carbocycles. The molecule has 1 N–H and O–H groups in total. The minimum absolute atomic E-state index is 0.198. The van der Waals surface area contributed by atoms with Crippen LogP contribution in [0.25, 0.3) is 5.57 Å². The highest BCUT2D eigenvalue weighted by Crippen LogP contribution is 2.36. The zero-order valence-corrected chi connectivity index (χ0v) is 16.2. The molecule has 2 aromatic carbocycles. The van der Waals surface area contributed by atoms with Gasteiger partial charge in [-0.25, -0.2) is 0 Å². The van der Waals surface area contributed by atoms with E-state index >= 15 is 0 Å². The Balaban J connectivity index is 2.14. The molecule has 2 amide bonds. The molecule has 0 bridgehead atoms. The second kappa shape index (κ2) is 8.04. The predicted octanol–water partition coefficient (Wildman–Crippen LogP) is 2.92. The summed E-state index contributed by atoms with van der Waals surface area (Å²) in [5, 5.41) is 3.09. The third-order valence-electron chi connectivity index (χ3n) is 4.52. The number of nitrogens with one attached hydrogen (secondary N) is 1. The quantitative estimate of drug-likeness (QED) is 0.742. The monoisotopic (exact) mass is 382 g/mol. The average molecular weight is 382 g/mol. The van der Waals surface area contributed by atoms with Gasteiger partial charge in [0.2, 0.25) is 0 Å². The first-order valence-corrected chi connectivity index (χ1v) is 8.78.